The van der Waals surface area contributed by atoms with E-state index in [1.807, 2.05) is 79.7 Å². The highest BCUT2D eigenvalue weighted by Gasteiger charge is 2.23. The van der Waals surface area contributed by atoms with E-state index in [1.54, 1.807) is 23.1 Å². The second-order valence-corrected chi connectivity index (χ2v) is 8.11. The molecule has 0 aliphatic heterocycles. The third-order valence-corrected chi connectivity index (χ3v) is 5.62. The minimum Gasteiger partial charge on any atom is -0.461 e. The Morgan fingerprint density at radius 1 is 0.912 bits per heavy atom. The van der Waals surface area contributed by atoms with Crippen LogP contribution in [-0.2, 0) is 6.42 Å². The molecule has 34 heavy (non-hydrogen) atoms. The summed E-state index contributed by atoms with van der Waals surface area (Å²) < 4.78 is 7.21. The first kappa shape index (κ1) is 21.4. The SMILES string of the molecule is Cc1ccc(-n2nc(C(=O)N[C@H](Cc3ccccc3)c3ccccc3)nc2-c2ccco2)cc1. The molecule has 5 rings (SSSR count). The summed E-state index contributed by atoms with van der Waals surface area (Å²) in [6, 6.07) is 31.3. The molecule has 2 heterocycles. The van der Waals surface area contributed by atoms with Crippen LogP contribution in [0.3, 0.4) is 0 Å². The number of carbonyl (C=O) groups excluding carboxylic acids is 1. The Bertz CT molecular complexity index is 1360. The fraction of sp³-hybridized carbons (Fsp3) is 0.107. The average Bonchev–Trinajstić information content (AvgIpc) is 3.56. The number of benzene rings is 3. The van der Waals surface area contributed by atoms with Crippen LogP contribution in [0.1, 0.15) is 33.4 Å². The fourth-order valence-electron chi connectivity index (χ4n) is 3.85. The molecule has 0 saturated carbocycles. The molecule has 5 aromatic rings. The number of nitrogens with zero attached hydrogens (tertiary/aromatic N) is 3. The van der Waals surface area contributed by atoms with Crippen LogP contribution in [-0.4, -0.2) is 20.7 Å². The minimum atomic E-state index is -0.344. The standard InChI is InChI=1S/C28H24N4O2/c1-20-14-16-23(17-15-20)32-27(25-13-8-18-34-25)30-26(31-32)28(33)29-24(22-11-6-3-7-12-22)19-21-9-4-2-5-10-21/h2-18,24H,19H2,1H3,(H,29,33)/t24-/m1/s1. The summed E-state index contributed by atoms with van der Waals surface area (Å²) in [4.78, 5) is 17.9. The number of furan rings is 1. The fourth-order valence-corrected chi connectivity index (χ4v) is 3.85. The topological polar surface area (TPSA) is 73.0 Å². The van der Waals surface area contributed by atoms with Crippen molar-refractivity contribution in [2.75, 3.05) is 0 Å². The first-order chi connectivity index (χ1) is 16.7. The van der Waals surface area contributed by atoms with Gasteiger partial charge in [0.1, 0.15) is 0 Å². The van der Waals surface area contributed by atoms with Crippen LogP contribution in [0.15, 0.2) is 108 Å². The molecular formula is C28H24N4O2. The molecule has 0 aliphatic rings. The van der Waals surface area contributed by atoms with E-state index in [-0.39, 0.29) is 17.8 Å². The first-order valence-electron chi connectivity index (χ1n) is 11.1. The van der Waals surface area contributed by atoms with Gasteiger partial charge in [0, 0.05) is 0 Å². The molecule has 168 valence electrons. The number of carbonyl (C=O) groups is 1. The van der Waals surface area contributed by atoms with E-state index in [4.69, 9.17) is 4.42 Å². The highest BCUT2D eigenvalue weighted by atomic mass is 16.3. The van der Waals surface area contributed by atoms with E-state index in [0.29, 0.717) is 18.0 Å². The number of rotatable bonds is 7. The van der Waals surface area contributed by atoms with E-state index in [9.17, 15) is 4.79 Å². The van der Waals surface area contributed by atoms with Gasteiger partial charge in [0.15, 0.2) is 11.6 Å². The summed E-state index contributed by atoms with van der Waals surface area (Å²) in [7, 11) is 0. The summed E-state index contributed by atoms with van der Waals surface area (Å²) in [5, 5.41) is 7.69. The monoisotopic (exact) mass is 448 g/mol. The average molecular weight is 449 g/mol. The molecule has 0 aliphatic carbocycles. The molecule has 0 bridgehead atoms. The minimum absolute atomic E-state index is 0.0842. The molecule has 0 spiro atoms. The van der Waals surface area contributed by atoms with E-state index in [2.05, 4.69) is 27.5 Å². The van der Waals surface area contributed by atoms with Gasteiger partial charge in [-0.05, 0) is 48.7 Å². The van der Waals surface area contributed by atoms with Gasteiger partial charge in [0.25, 0.3) is 5.91 Å². The molecule has 6 heteroatoms. The molecular weight excluding hydrogens is 424 g/mol. The van der Waals surface area contributed by atoms with Gasteiger partial charge in [-0.15, -0.1) is 5.10 Å². The van der Waals surface area contributed by atoms with Crippen LogP contribution < -0.4 is 5.32 Å². The Balaban J connectivity index is 1.48. The lowest BCUT2D eigenvalue weighted by Crippen LogP contribution is -2.31. The van der Waals surface area contributed by atoms with Crippen molar-refractivity contribution in [1.29, 1.82) is 0 Å². The second-order valence-electron chi connectivity index (χ2n) is 8.11. The Morgan fingerprint density at radius 3 is 2.29 bits per heavy atom. The Hall–Kier alpha value is -4.45. The summed E-state index contributed by atoms with van der Waals surface area (Å²) >= 11 is 0. The van der Waals surface area contributed by atoms with Gasteiger partial charge >= 0.3 is 0 Å². The van der Waals surface area contributed by atoms with E-state index < -0.39 is 0 Å². The van der Waals surface area contributed by atoms with Gasteiger partial charge in [-0.25, -0.2) is 4.68 Å². The zero-order chi connectivity index (χ0) is 23.3. The molecule has 0 fully saturated rings. The molecule has 1 amide bonds. The van der Waals surface area contributed by atoms with Crippen LogP contribution >= 0.6 is 0 Å². The van der Waals surface area contributed by atoms with Crippen LogP contribution in [0.4, 0.5) is 0 Å². The molecule has 0 unspecified atom stereocenters. The van der Waals surface area contributed by atoms with Gasteiger partial charge in [-0.1, -0.05) is 78.4 Å². The lowest BCUT2D eigenvalue weighted by atomic mass is 9.99. The predicted molar refractivity (Wildman–Crippen MR) is 131 cm³/mol. The maximum Gasteiger partial charge on any atom is 0.291 e. The predicted octanol–water partition coefficient (Wildman–Crippen LogP) is 5.55. The first-order valence-corrected chi connectivity index (χ1v) is 11.1. The van der Waals surface area contributed by atoms with Gasteiger partial charge in [0.2, 0.25) is 5.82 Å². The van der Waals surface area contributed by atoms with Crippen LogP contribution in [0.2, 0.25) is 0 Å². The Kier molecular flexibility index (Phi) is 6.03. The summed E-state index contributed by atoms with van der Waals surface area (Å²) in [6.07, 6.45) is 2.23. The van der Waals surface area contributed by atoms with Crippen LogP contribution in [0, 0.1) is 6.92 Å². The summed E-state index contributed by atoms with van der Waals surface area (Å²) in [6.45, 7) is 2.02. The maximum atomic E-state index is 13.4. The van der Waals surface area contributed by atoms with E-state index in [1.165, 1.54) is 0 Å². The number of aromatic nitrogens is 3. The van der Waals surface area contributed by atoms with Crippen molar-refractivity contribution in [3.63, 3.8) is 0 Å². The number of amides is 1. The molecule has 1 N–H and O–H groups in total. The number of nitrogens with one attached hydrogen (secondary N) is 1. The largest absolute Gasteiger partial charge is 0.461 e. The highest BCUT2D eigenvalue weighted by Crippen LogP contribution is 2.23. The van der Waals surface area contributed by atoms with Crippen LogP contribution in [0.5, 0.6) is 0 Å². The Morgan fingerprint density at radius 2 is 1.62 bits per heavy atom. The van der Waals surface area contributed by atoms with Gasteiger partial charge in [-0.3, -0.25) is 4.79 Å². The van der Waals surface area contributed by atoms with Crippen molar-refractivity contribution in [2.45, 2.75) is 19.4 Å². The van der Waals surface area contributed by atoms with Crippen molar-refractivity contribution < 1.29 is 9.21 Å². The zero-order valence-electron chi connectivity index (χ0n) is 18.8. The smallest absolute Gasteiger partial charge is 0.291 e. The van der Waals surface area contributed by atoms with E-state index in [0.717, 1.165) is 22.4 Å². The number of aryl methyl sites for hydroxylation is 1. The second kappa shape index (κ2) is 9.58. The third-order valence-electron chi connectivity index (χ3n) is 5.62. The quantitative estimate of drug-likeness (QED) is 0.354. The van der Waals surface area contributed by atoms with E-state index >= 15 is 0 Å². The van der Waals surface area contributed by atoms with Crippen LogP contribution in [0.25, 0.3) is 17.3 Å². The van der Waals surface area contributed by atoms with Gasteiger partial charge in [-0.2, -0.15) is 4.98 Å². The summed E-state index contributed by atoms with van der Waals surface area (Å²) in [5.41, 5.74) is 4.08. The molecule has 3 aromatic carbocycles. The third kappa shape index (κ3) is 4.66. The molecule has 0 radical (unpaired) electrons. The van der Waals surface area contributed by atoms with Gasteiger partial charge in [0.05, 0.1) is 18.0 Å². The zero-order valence-corrected chi connectivity index (χ0v) is 18.8. The van der Waals surface area contributed by atoms with Crippen molar-refractivity contribution in [2.24, 2.45) is 0 Å². The molecule has 6 nitrogen and oxygen atoms in total. The van der Waals surface area contributed by atoms with Crippen molar-refractivity contribution in [1.82, 2.24) is 20.1 Å². The number of hydrogen-bond acceptors (Lipinski definition) is 4. The summed E-state index contributed by atoms with van der Waals surface area (Å²) in [5.74, 6) is 0.749. The maximum absolute atomic E-state index is 13.4. The highest BCUT2D eigenvalue weighted by molar-refractivity contribution is 5.91. The van der Waals surface area contributed by atoms with Crippen molar-refractivity contribution >= 4 is 5.91 Å². The molecule has 0 saturated heterocycles. The normalized spacial score (nSPS) is 11.8. The molecule has 1 atom stereocenters. The lowest BCUT2D eigenvalue weighted by Gasteiger charge is -2.18. The van der Waals surface area contributed by atoms with Crippen molar-refractivity contribution in [3.8, 4) is 17.3 Å². The van der Waals surface area contributed by atoms with Gasteiger partial charge < -0.3 is 9.73 Å². The Labute approximate surface area is 197 Å². The number of hydrogen-bond donors (Lipinski definition) is 1. The lowest BCUT2D eigenvalue weighted by molar-refractivity contribution is 0.0926. The van der Waals surface area contributed by atoms with Crippen molar-refractivity contribution in [3.05, 3.63) is 126 Å². The molecule has 2 aromatic heterocycles.